The van der Waals surface area contributed by atoms with Crippen molar-refractivity contribution < 1.29 is 4.79 Å². The highest BCUT2D eigenvalue weighted by Crippen LogP contribution is 2.17. The molecule has 0 unspecified atom stereocenters. The van der Waals surface area contributed by atoms with Crippen LogP contribution in [0.3, 0.4) is 0 Å². The van der Waals surface area contributed by atoms with E-state index in [9.17, 15) is 4.79 Å². The van der Waals surface area contributed by atoms with Crippen molar-refractivity contribution in [3.63, 3.8) is 0 Å². The van der Waals surface area contributed by atoms with Gasteiger partial charge < -0.3 is 11.1 Å². The maximum absolute atomic E-state index is 11.9. The quantitative estimate of drug-likeness (QED) is 0.862. The number of carbonyl (C=O) groups is 1. The summed E-state index contributed by atoms with van der Waals surface area (Å²) >= 11 is 3.41. The van der Waals surface area contributed by atoms with Gasteiger partial charge in [0.15, 0.2) is 0 Å². The second kappa shape index (κ2) is 6.62. The molecule has 0 bridgehead atoms. The van der Waals surface area contributed by atoms with Crippen LogP contribution in [0.2, 0.25) is 0 Å². The molecule has 0 saturated heterocycles. The molecule has 1 amide bonds. The lowest BCUT2D eigenvalue weighted by molar-refractivity contribution is -0.122. The average Bonchev–Trinajstić information content (AvgIpc) is 2.86. The van der Waals surface area contributed by atoms with Gasteiger partial charge in [-0.2, -0.15) is 0 Å². The van der Waals surface area contributed by atoms with E-state index >= 15 is 0 Å². The molecule has 106 valence electrons. The van der Waals surface area contributed by atoms with Gasteiger partial charge in [-0.3, -0.25) is 4.79 Å². The van der Waals surface area contributed by atoms with Crippen LogP contribution < -0.4 is 11.1 Å². The molecule has 0 aliphatic heterocycles. The average molecular weight is 338 g/mol. The maximum atomic E-state index is 11.9. The summed E-state index contributed by atoms with van der Waals surface area (Å²) in [6, 6.07) is 7.76. The van der Waals surface area contributed by atoms with Crippen LogP contribution in [0.5, 0.6) is 0 Å². The van der Waals surface area contributed by atoms with Crippen LogP contribution in [0.1, 0.15) is 24.2 Å². The summed E-state index contributed by atoms with van der Waals surface area (Å²) in [4.78, 5) is 11.9. The van der Waals surface area contributed by atoms with Crippen LogP contribution >= 0.6 is 15.9 Å². The molecule has 1 atom stereocenters. The lowest BCUT2D eigenvalue weighted by Gasteiger charge is -2.14. The Balaban J connectivity index is 1.94. The smallest absolute Gasteiger partial charge is 0.242 e. The van der Waals surface area contributed by atoms with Gasteiger partial charge >= 0.3 is 0 Å². The standard InChI is InChI=1S/C13H16BrN5O/c1-9(10-3-2-4-11(14)5-10)16-13(20)8-19-7-12(6-15)17-18-19/h2-5,7,9H,6,8,15H2,1H3,(H,16,20)/t9-/m0/s1. The molecule has 0 fully saturated rings. The van der Waals surface area contributed by atoms with Crippen molar-refractivity contribution in [1.82, 2.24) is 20.3 Å². The van der Waals surface area contributed by atoms with Gasteiger partial charge in [-0.15, -0.1) is 5.10 Å². The highest BCUT2D eigenvalue weighted by atomic mass is 79.9. The van der Waals surface area contributed by atoms with Gasteiger partial charge in [0.1, 0.15) is 6.54 Å². The largest absolute Gasteiger partial charge is 0.348 e. The first-order chi connectivity index (χ1) is 9.58. The topological polar surface area (TPSA) is 85.8 Å². The lowest BCUT2D eigenvalue weighted by Crippen LogP contribution is -2.30. The van der Waals surface area contributed by atoms with Crippen molar-refractivity contribution >= 4 is 21.8 Å². The van der Waals surface area contributed by atoms with E-state index in [4.69, 9.17) is 5.73 Å². The summed E-state index contributed by atoms with van der Waals surface area (Å²) in [5, 5.41) is 10.6. The summed E-state index contributed by atoms with van der Waals surface area (Å²) in [6.07, 6.45) is 1.67. The molecule has 0 radical (unpaired) electrons. The predicted molar refractivity (Wildman–Crippen MR) is 78.6 cm³/mol. The zero-order valence-corrected chi connectivity index (χ0v) is 12.7. The number of halogens is 1. The number of nitrogens with two attached hydrogens (primary N) is 1. The second-order valence-electron chi connectivity index (χ2n) is 4.46. The van der Waals surface area contributed by atoms with Crippen LogP contribution in [0.15, 0.2) is 34.9 Å². The molecule has 20 heavy (non-hydrogen) atoms. The molecule has 7 heteroatoms. The maximum Gasteiger partial charge on any atom is 0.242 e. The SMILES string of the molecule is C[C@H](NC(=O)Cn1cc(CN)nn1)c1cccc(Br)c1. The monoisotopic (exact) mass is 337 g/mol. The molecule has 6 nitrogen and oxygen atoms in total. The summed E-state index contributed by atoms with van der Waals surface area (Å²) in [6.45, 7) is 2.38. The number of carbonyl (C=O) groups excluding carboxylic acids is 1. The molecular weight excluding hydrogens is 322 g/mol. The normalized spacial score (nSPS) is 12.2. The van der Waals surface area contributed by atoms with E-state index in [1.165, 1.54) is 4.68 Å². The van der Waals surface area contributed by atoms with Gasteiger partial charge in [-0.1, -0.05) is 33.3 Å². The van der Waals surface area contributed by atoms with E-state index in [0.29, 0.717) is 12.2 Å². The summed E-state index contributed by atoms with van der Waals surface area (Å²) in [5.74, 6) is -0.119. The summed E-state index contributed by atoms with van der Waals surface area (Å²) in [7, 11) is 0. The molecule has 1 aromatic heterocycles. The highest BCUT2D eigenvalue weighted by Gasteiger charge is 2.11. The Morgan fingerprint density at radius 3 is 3.00 bits per heavy atom. The molecular formula is C13H16BrN5O. The van der Waals surface area contributed by atoms with Crippen molar-refractivity contribution in [3.8, 4) is 0 Å². The Hall–Kier alpha value is -1.73. The van der Waals surface area contributed by atoms with Gasteiger partial charge in [0.05, 0.1) is 17.9 Å². The molecule has 0 spiro atoms. The minimum Gasteiger partial charge on any atom is -0.348 e. The molecule has 0 aliphatic carbocycles. The minimum atomic E-state index is -0.119. The van der Waals surface area contributed by atoms with Gasteiger partial charge in [0.25, 0.3) is 0 Å². The van der Waals surface area contributed by atoms with Gasteiger partial charge in [-0.05, 0) is 24.6 Å². The van der Waals surface area contributed by atoms with Crippen LogP contribution in [-0.4, -0.2) is 20.9 Å². The fourth-order valence-corrected chi connectivity index (χ4v) is 2.22. The number of nitrogens with one attached hydrogen (secondary N) is 1. The fourth-order valence-electron chi connectivity index (χ4n) is 1.80. The summed E-state index contributed by atoms with van der Waals surface area (Å²) in [5.41, 5.74) is 7.14. The number of hydrogen-bond donors (Lipinski definition) is 2. The first kappa shape index (κ1) is 14.7. The van der Waals surface area contributed by atoms with E-state index in [1.54, 1.807) is 6.20 Å². The second-order valence-corrected chi connectivity index (χ2v) is 5.37. The third-order valence-corrected chi connectivity index (χ3v) is 3.32. The molecule has 2 rings (SSSR count). The molecule has 0 aliphatic rings. The first-order valence-corrected chi connectivity index (χ1v) is 7.01. The number of amides is 1. The van der Waals surface area contributed by atoms with Gasteiger partial charge in [-0.25, -0.2) is 4.68 Å². The van der Waals surface area contributed by atoms with Crippen LogP contribution in [0.25, 0.3) is 0 Å². The zero-order valence-electron chi connectivity index (χ0n) is 11.1. The summed E-state index contributed by atoms with van der Waals surface area (Å²) < 4.78 is 2.46. The third-order valence-electron chi connectivity index (χ3n) is 2.83. The Labute approximate surface area is 125 Å². The Morgan fingerprint density at radius 1 is 1.55 bits per heavy atom. The van der Waals surface area contributed by atoms with E-state index in [2.05, 4.69) is 31.6 Å². The Morgan fingerprint density at radius 2 is 2.35 bits per heavy atom. The van der Waals surface area contributed by atoms with E-state index < -0.39 is 0 Å². The zero-order chi connectivity index (χ0) is 14.5. The lowest BCUT2D eigenvalue weighted by atomic mass is 10.1. The molecule has 1 aromatic carbocycles. The number of rotatable bonds is 5. The molecule has 3 N–H and O–H groups in total. The molecule has 0 saturated carbocycles. The van der Waals surface area contributed by atoms with Crippen LogP contribution in [0, 0.1) is 0 Å². The number of benzene rings is 1. The van der Waals surface area contributed by atoms with Crippen molar-refractivity contribution in [2.75, 3.05) is 0 Å². The van der Waals surface area contributed by atoms with E-state index in [1.807, 2.05) is 31.2 Å². The predicted octanol–water partition coefficient (Wildman–Crippen LogP) is 1.38. The van der Waals surface area contributed by atoms with Crippen molar-refractivity contribution in [1.29, 1.82) is 0 Å². The van der Waals surface area contributed by atoms with Gasteiger partial charge in [0, 0.05) is 11.0 Å². The Kier molecular flexibility index (Phi) is 4.86. The Bertz CT molecular complexity index is 598. The first-order valence-electron chi connectivity index (χ1n) is 6.22. The highest BCUT2D eigenvalue weighted by molar-refractivity contribution is 9.10. The number of nitrogens with zero attached hydrogens (tertiary/aromatic N) is 3. The van der Waals surface area contributed by atoms with Gasteiger partial charge in [0.2, 0.25) is 5.91 Å². The number of hydrogen-bond acceptors (Lipinski definition) is 4. The molecule has 2 aromatic rings. The third kappa shape index (κ3) is 3.88. The minimum absolute atomic E-state index is 0.0718. The molecule has 1 heterocycles. The van der Waals surface area contributed by atoms with Crippen molar-refractivity contribution in [2.24, 2.45) is 5.73 Å². The van der Waals surface area contributed by atoms with E-state index in [-0.39, 0.29) is 18.5 Å². The van der Waals surface area contributed by atoms with E-state index in [0.717, 1.165) is 10.0 Å². The van der Waals surface area contributed by atoms with Crippen LogP contribution in [-0.2, 0) is 17.9 Å². The van der Waals surface area contributed by atoms with Crippen LogP contribution in [0.4, 0.5) is 0 Å². The van der Waals surface area contributed by atoms with Crippen molar-refractivity contribution in [2.45, 2.75) is 26.1 Å². The number of aromatic nitrogens is 3. The fraction of sp³-hybridized carbons (Fsp3) is 0.308. The van der Waals surface area contributed by atoms with Crippen molar-refractivity contribution in [3.05, 3.63) is 46.2 Å².